The number of hydrogen-bond donors (Lipinski definition) is 1. The van der Waals surface area contributed by atoms with Crippen LogP contribution in [-0.2, 0) is 16.4 Å². The minimum Gasteiger partial charge on any atom is -0.379 e. The van der Waals surface area contributed by atoms with Gasteiger partial charge in [0.1, 0.15) is 0 Å². The Morgan fingerprint density at radius 1 is 1.11 bits per heavy atom. The van der Waals surface area contributed by atoms with Gasteiger partial charge in [0.05, 0.1) is 17.1 Å². The molecule has 0 spiro atoms. The normalized spacial score (nSPS) is 11.3. The molecule has 1 heterocycles. The van der Waals surface area contributed by atoms with Crippen LogP contribution in [0.5, 0.6) is 0 Å². The molecule has 1 N–H and O–H groups in total. The van der Waals surface area contributed by atoms with Crippen LogP contribution < -0.4 is 5.32 Å². The molecular formula is C14H16N2O2S. The summed E-state index contributed by atoms with van der Waals surface area (Å²) in [6, 6.07) is 10.7. The van der Waals surface area contributed by atoms with Gasteiger partial charge in [-0.1, -0.05) is 6.07 Å². The Labute approximate surface area is 113 Å². The van der Waals surface area contributed by atoms with E-state index in [1.165, 1.54) is 6.26 Å². The van der Waals surface area contributed by atoms with Gasteiger partial charge in [-0.2, -0.15) is 0 Å². The van der Waals surface area contributed by atoms with Gasteiger partial charge in [-0.25, -0.2) is 8.42 Å². The minimum atomic E-state index is -3.13. The van der Waals surface area contributed by atoms with Gasteiger partial charge in [-0.15, -0.1) is 0 Å². The second kappa shape index (κ2) is 5.40. The van der Waals surface area contributed by atoms with Crippen LogP contribution in [0.2, 0.25) is 0 Å². The molecule has 0 saturated carbocycles. The van der Waals surface area contributed by atoms with Crippen LogP contribution in [0.4, 0.5) is 5.69 Å². The summed E-state index contributed by atoms with van der Waals surface area (Å²) in [7, 11) is -3.13. The van der Waals surface area contributed by atoms with Crippen LogP contribution >= 0.6 is 0 Å². The second-order valence-corrected chi connectivity index (χ2v) is 6.49. The van der Waals surface area contributed by atoms with Gasteiger partial charge >= 0.3 is 0 Å². The van der Waals surface area contributed by atoms with Crippen molar-refractivity contribution >= 4 is 15.5 Å². The molecule has 2 aromatic rings. The Morgan fingerprint density at radius 3 is 2.32 bits per heavy atom. The fourth-order valence-electron chi connectivity index (χ4n) is 1.62. The monoisotopic (exact) mass is 276 g/mol. The maximum atomic E-state index is 11.3. The molecule has 0 fully saturated rings. The van der Waals surface area contributed by atoms with Crippen molar-refractivity contribution in [1.82, 2.24) is 4.98 Å². The lowest BCUT2D eigenvalue weighted by atomic mass is 10.2. The fourth-order valence-corrected chi connectivity index (χ4v) is 2.25. The van der Waals surface area contributed by atoms with Gasteiger partial charge in [0.2, 0.25) is 0 Å². The van der Waals surface area contributed by atoms with Gasteiger partial charge < -0.3 is 5.32 Å². The molecule has 0 radical (unpaired) electrons. The summed E-state index contributed by atoms with van der Waals surface area (Å²) in [5, 5.41) is 3.20. The van der Waals surface area contributed by atoms with Crippen LogP contribution in [0.25, 0.3) is 0 Å². The Morgan fingerprint density at radius 2 is 1.79 bits per heavy atom. The third-order valence-corrected chi connectivity index (χ3v) is 3.86. The van der Waals surface area contributed by atoms with Crippen molar-refractivity contribution in [2.24, 2.45) is 0 Å². The van der Waals surface area contributed by atoms with E-state index in [1.54, 1.807) is 24.3 Å². The van der Waals surface area contributed by atoms with Gasteiger partial charge in [0.15, 0.2) is 9.84 Å². The van der Waals surface area contributed by atoms with Crippen molar-refractivity contribution in [3.8, 4) is 0 Å². The van der Waals surface area contributed by atoms with Gasteiger partial charge in [-0.3, -0.25) is 4.98 Å². The lowest BCUT2D eigenvalue weighted by Gasteiger charge is -2.07. The van der Waals surface area contributed by atoms with E-state index in [2.05, 4.69) is 10.3 Å². The molecule has 0 aliphatic rings. The first-order valence-electron chi connectivity index (χ1n) is 5.91. The highest BCUT2D eigenvalue weighted by Gasteiger charge is 2.05. The van der Waals surface area contributed by atoms with Crippen molar-refractivity contribution in [3.05, 3.63) is 53.9 Å². The second-order valence-electron chi connectivity index (χ2n) is 4.48. The summed E-state index contributed by atoms with van der Waals surface area (Å²) in [5.41, 5.74) is 2.94. The minimum absolute atomic E-state index is 0.325. The summed E-state index contributed by atoms with van der Waals surface area (Å²) in [5.74, 6) is 0. The molecule has 19 heavy (non-hydrogen) atoms. The van der Waals surface area contributed by atoms with Gasteiger partial charge in [0, 0.05) is 18.1 Å². The molecule has 2 rings (SSSR count). The van der Waals surface area contributed by atoms with Crippen molar-refractivity contribution in [1.29, 1.82) is 0 Å². The Bertz CT molecular complexity index is 647. The third kappa shape index (κ3) is 3.79. The van der Waals surface area contributed by atoms with Crippen molar-refractivity contribution in [2.45, 2.75) is 18.4 Å². The van der Waals surface area contributed by atoms with E-state index >= 15 is 0 Å². The topological polar surface area (TPSA) is 59.1 Å². The highest BCUT2D eigenvalue weighted by molar-refractivity contribution is 7.90. The average molecular weight is 276 g/mol. The SMILES string of the molecule is Cc1ccc(CNc2ccc(S(C)(=O)=O)cc2)nc1. The first kappa shape index (κ1) is 13.5. The van der Waals surface area contributed by atoms with Crippen LogP contribution in [0.15, 0.2) is 47.5 Å². The van der Waals surface area contributed by atoms with Crippen LogP contribution in [0, 0.1) is 6.92 Å². The van der Waals surface area contributed by atoms with E-state index in [0.717, 1.165) is 16.9 Å². The third-order valence-electron chi connectivity index (χ3n) is 2.73. The number of pyridine rings is 1. The molecule has 0 amide bonds. The van der Waals surface area contributed by atoms with E-state index in [1.807, 2.05) is 25.3 Å². The highest BCUT2D eigenvalue weighted by atomic mass is 32.2. The molecule has 0 aliphatic carbocycles. The van der Waals surface area contributed by atoms with Crippen LogP contribution in [0.3, 0.4) is 0 Å². The lowest BCUT2D eigenvalue weighted by molar-refractivity contribution is 0.602. The molecular weight excluding hydrogens is 260 g/mol. The average Bonchev–Trinajstić information content (AvgIpc) is 2.37. The van der Waals surface area contributed by atoms with E-state index < -0.39 is 9.84 Å². The molecule has 4 nitrogen and oxygen atoms in total. The van der Waals surface area contributed by atoms with E-state index in [0.29, 0.717) is 11.4 Å². The zero-order chi connectivity index (χ0) is 13.9. The Kier molecular flexibility index (Phi) is 3.85. The standard InChI is InChI=1S/C14H16N2O2S/c1-11-3-4-13(15-9-11)10-16-12-5-7-14(8-6-12)19(2,17)18/h3-9,16H,10H2,1-2H3. The number of hydrogen-bond acceptors (Lipinski definition) is 4. The first-order chi connectivity index (χ1) is 8.95. The first-order valence-corrected chi connectivity index (χ1v) is 7.80. The molecule has 1 aromatic heterocycles. The summed E-state index contributed by atoms with van der Waals surface area (Å²) >= 11 is 0. The lowest BCUT2D eigenvalue weighted by Crippen LogP contribution is -2.02. The number of rotatable bonds is 4. The number of nitrogens with zero attached hydrogens (tertiary/aromatic N) is 1. The number of aromatic nitrogens is 1. The summed E-state index contributed by atoms with van der Waals surface area (Å²) < 4.78 is 22.7. The predicted octanol–water partition coefficient (Wildman–Crippen LogP) is 2.41. The van der Waals surface area contributed by atoms with Crippen molar-refractivity contribution < 1.29 is 8.42 Å². The molecule has 0 unspecified atom stereocenters. The molecule has 0 bridgehead atoms. The maximum Gasteiger partial charge on any atom is 0.175 e. The van der Waals surface area contributed by atoms with Crippen molar-refractivity contribution in [3.63, 3.8) is 0 Å². The summed E-state index contributed by atoms with van der Waals surface area (Å²) in [6.45, 7) is 2.60. The molecule has 5 heteroatoms. The number of sulfone groups is 1. The molecule has 0 aliphatic heterocycles. The largest absolute Gasteiger partial charge is 0.379 e. The van der Waals surface area contributed by atoms with Crippen LogP contribution in [-0.4, -0.2) is 19.7 Å². The number of anilines is 1. The number of nitrogens with one attached hydrogen (secondary N) is 1. The Hall–Kier alpha value is -1.88. The van der Waals surface area contributed by atoms with E-state index in [4.69, 9.17) is 0 Å². The summed E-state index contributed by atoms with van der Waals surface area (Å²) in [6.07, 6.45) is 3.02. The molecule has 100 valence electrons. The highest BCUT2D eigenvalue weighted by Crippen LogP contribution is 2.14. The molecule has 0 saturated heterocycles. The summed E-state index contributed by atoms with van der Waals surface area (Å²) in [4.78, 5) is 4.62. The smallest absolute Gasteiger partial charge is 0.175 e. The Balaban J connectivity index is 2.02. The number of benzene rings is 1. The van der Waals surface area contributed by atoms with Gasteiger partial charge in [0.25, 0.3) is 0 Å². The zero-order valence-corrected chi connectivity index (χ0v) is 11.7. The van der Waals surface area contributed by atoms with Crippen molar-refractivity contribution in [2.75, 3.05) is 11.6 Å². The fraction of sp³-hybridized carbons (Fsp3) is 0.214. The zero-order valence-electron chi connectivity index (χ0n) is 10.9. The van der Waals surface area contributed by atoms with Gasteiger partial charge in [-0.05, 0) is 42.8 Å². The quantitative estimate of drug-likeness (QED) is 0.931. The number of aryl methyl sites for hydroxylation is 1. The molecule has 1 aromatic carbocycles. The van der Waals surface area contributed by atoms with E-state index in [9.17, 15) is 8.42 Å². The van der Waals surface area contributed by atoms with E-state index in [-0.39, 0.29) is 0 Å². The maximum absolute atomic E-state index is 11.3. The molecule has 0 atom stereocenters. The predicted molar refractivity (Wildman–Crippen MR) is 75.9 cm³/mol. The van der Waals surface area contributed by atoms with Crippen LogP contribution in [0.1, 0.15) is 11.3 Å².